The molecule has 1 atom stereocenters. The van der Waals surface area contributed by atoms with Crippen molar-refractivity contribution in [1.82, 2.24) is 10.3 Å². The molecule has 0 saturated heterocycles. The van der Waals surface area contributed by atoms with E-state index >= 15 is 0 Å². The molecule has 20 heavy (non-hydrogen) atoms. The summed E-state index contributed by atoms with van der Waals surface area (Å²) in [6.07, 6.45) is 2.43. The molecule has 1 aromatic carbocycles. The lowest BCUT2D eigenvalue weighted by atomic mass is 9.94. The van der Waals surface area contributed by atoms with Crippen molar-refractivity contribution in [2.75, 3.05) is 5.33 Å². The predicted molar refractivity (Wildman–Crippen MR) is 79.2 cm³/mol. The van der Waals surface area contributed by atoms with E-state index in [-0.39, 0.29) is 5.56 Å². The number of benzene rings is 1. The lowest BCUT2D eigenvalue weighted by Crippen LogP contribution is -2.45. The number of rotatable bonds is 4. The number of alkyl halides is 1. The number of hydrogen-bond acceptors (Lipinski definition) is 2. The van der Waals surface area contributed by atoms with Crippen LogP contribution in [0.3, 0.4) is 0 Å². The van der Waals surface area contributed by atoms with Crippen LogP contribution >= 0.6 is 15.9 Å². The molecule has 0 fully saturated rings. The zero-order valence-corrected chi connectivity index (χ0v) is 12.5. The summed E-state index contributed by atoms with van der Waals surface area (Å²) in [6.45, 7) is 1.88. The Labute approximate surface area is 125 Å². The van der Waals surface area contributed by atoms with Crippen LogP contribution in [0.4, 0.5) is 4.39 Å². The summed E-state index contributed by atoms with van der Waals surface area (Å²) in [4.78, 5) is 15.9. The van der Waals surface area contributed by atoms with Crippen molar-refractivity contribution < 1.29 is 9.18 Å². The molecule has 0 bridgehead atoms. The third kappa shape index (κ3) is 3.04. The number of hydrogen-bond donors (Lipinski definition) is 1. The summed E-state index contributed by atoms with van der Waals surface area (Å²) in [5.41, 5.74) is 0.316. The smallest absolute Gasteiger partial charge is 0.255 e. The number of carbonyl (C=O) groups is 1. The second kappa shape index (κ2) is 6.13. The maximum atomic E-state index is 13.6. The number of pyridine rings is 1. The van der Waals surface area contributed by atoms with Crippen LogP contribution in [0, 0.1) is 5.82 Å². The van der Waals surface area contributed by atoms with Gasteiger partial charge in [0, 0.05) is 11.5 Å². The van der Waals surface area contributed by atoms with Gasteiger partial charge in [0.2, 0.25) is 0 Å². The molecule has 1 unspecified atom stereocenters. The first kappa shape index (κ1) is 14.7. The fourth-order valence-electron chi connectivity index (χ4n) is 1.87. The van der Waals surface area contributed by atoms with E-state index in [1.165, 1.54) is 12.3 Å². The van der Waals surface area contributed by atoms with Gasteiger partial charge in [-0.25, -0.2) is 4.39 Å². The molecule has 0 aliphatic rings. The maximum absolute atomic E-state index is 13.6. The molecule has 2 aromatic rings. The first-order chi connectivity index (χ1) is 9.57. The molecular formula is C15H14BrFN2O. The minimum absolute atomic E-state index is 0.0110. The summed E-state index contributed by atoms with van der Waals surface area (Å²) in [7, 11) is 0. The average Bonchev–Trinajstić information content (AvgIpc) is 2.48. The second-order valence-electron chi connectivity index (χ2n) is 4.64. The molecule has 0 radical (unpaired) electrons. The van der Waals surface area contributed by atoms with E-state index in [0.717, 1.165) is 11.8 Å². The first-order valence-electron chi connectivity index (χ1n) is 6.10. The Kier molecular flexibility index (Phi) is 4.49. The Morgan fingerprint density at radius 1 is 1.35 bits per heavy atom. The fourth-order valence-corrected chi connectivity index (χ4v) is 2.33. The summed E-state index contributed by atoms with van der Waals surface area (Å²) in [5.74, 6) is -1.09. The van der Waals surface area contributed by atoms with E-state index in [0.29, 0.717) is 5.33 Å². The van der Waals surface area contributed by atoms with Crippen LogP contribution in [-0.2, 0) is 5.54 Å². The highest BCUT2D eigenvalue weighted by atomic mass is 79.9. The molecule has 3 nitrogen and oxygen atoms in total. The quantitative estimate of drug-likeness (QED) is 0.870. The minimum Gasteiger partial charge on any atom is -0.342 e. The van der Waals surface area contributed by atoms with E-state index in [1.54, 1.807) is 0 Å². The standard InChI is InChI=1S/C15H14BrFN2O/c1-15(10-16,11-5-3-2-4-6-11)19-14(20)12-7-8-18-9-13(12)17/h2-9H,10H2,1H3,(H,19,20). The maximum Gasteiger partial charge on any atom is 0.255 e. The van der Waals surface area contributed by atoms with Crippen molar-refractivity contribution in [3.05, 3.63) is 65.7 Å². The van der Waals surface area contributed by atoms with E-state index in [4.69, 9.17) is 0 Å². The molecule has 104 valence electrons. The molecule has 0 saturated carbocycles. The van der Waals surface area contributed by atoms with Crippen molar-refractivity contribution in [3.8, 4) is 0 Å². The molecule has 0 aliphatic carbocycles. The molecule has 1 aromatic heterocycles. The van der Waals surface area contributed by atoms with Gasteiger partial charge in [-0.2, -0.15) is 0 Å². The topological polar surface area (TPSA) is 42.0 Å². The largest absolute Gasteiger partial charge is 0.342 e. The van der Waals surface area contributed by atoms with Gasteiger partial charge in [-0.1, -0.05) is 46.3 Å². The highest BCUT2D eigenvalue weighted by Crippen LogP contribution is 2.23. The minimum atomic E-state index is -0.630. The van der Waals surface area contributed by atoms with Crippen molar-refractivity contribution in [2.45, 2.75) is 12.5 Å². The Morgan fingerprint density at radius 3 is 2.65 bits per heavy atom. The van der Waals surface area contributed by atoms with Gasteiger partial charge in [-0.05, 0) is 18.6 Å². The van der Waals surface area contributed by atoms with Crippen LogP contribution in [0.1, 0.15) is 22.8 Å². The Bertz CT molecular complexity index is 606. The summed E-state index contributed by atoms with van der Waals surface area (Å²) < 4.78 is 13.6. The third-order valence-electron chi connectivity index (χ3n) is 3.08. The van der Waals surface area contributed by atoms with Crippen molar-refractivity contribution in [1.29, 1.82) is 0 Å². The van der Waals surface area contributed by atoms with Gasteiger partial charge in [0.15, 0.2) is 5.82 Å². The van der Waals surface area contributed by atoms with E-state index < -0.39 is 17.3 Å². The Hall–Kier alpha value is -1.75. The van der Waals surface area contributed by atoms with Gasteiger partial charge in [0.05, 0.1) is 17.3 Å². The normalized spacial score (nSPS) is 13.6. The van der Waals surface area contributed by atoms with Crippen LogP contribution in [-0.4, -0.2) is 16.2 Å². The number of nitrogens with zero attached hydrogens (tertiary/aromatic N) is 1. The van der Waals surface area contributed by atoms with Gasteiger partial charge in [0.1, 0.15) is 0 Å². The Balaban J connectivity index is 2.27. The van der Waals surface area contributed by atoms with Gasteiger partial charge in [-0.15, -0.1) is 0 Å². The van der Waals surface area contributed by atoms with Gasteiger partial charge < -0.3 is 5.32 Å². The first-order valence-corrected chi connectivity index (χ1v) is 7.22. The molecule has 0 aliphatic heterocycles. The lowest BCUT2D eigenvalue weighted by Gasteiger charge is -2.29. The fraction of sp³-hybridized carbons (Fsp3) is 0.200. The molecule has 0 spiro atoms. The summed E-state index contributed by atoms with van der Waals surface area (Å²) in [6, 6.07) is 10.9. The van der Waals surface area contributed by atoms with Crippen LogP contribution in [0.2, 0.25) is 0 Å². The number of halogens is 2. The number of aromatic nitrogens is 1. The van der Waals surface area contributed by atoms with Crippen LogP contribution in [0.5, 0.6) is 0 Å². The number of nitrogens with one attached hydrogen (secondary N) is 1. The average molecular weight is 337 g/mol. The predicted octanol–water partition coefficient (Wildman–Crippen LogP) is 3.26. The monoisotopic (exact) mass is 336 g/mol. The van der Waals surface area contributed by atoms with E-state index in [9.17, 15) is 9.18 Å². The molecular weight excluding hydrogens is 323 g/mol. The molecule has 5 heteroatoms. The highest BCUT2D eigenvalue weighted by Gasteiger charge is 2.28. The van der Waals surface area contributed by atoms with E-state index in [2.05, 4.69) is 26.2 Å². The van der Waals surface area contributed by atoms with Crippen LogP contribution in [0.15, 0.2) is 48.8 Å². The third-order valence-corrected chi connectivity index (χ3v) is 4.21. The zero-order chi connectivity index (χ0) is 14.6. The van der Waals surface area contributed by atoms with Gasteiger partial charge >= 0.3 is 0 Å². The van der Waals surface area contributed by atoms with Crippen molar-refractivity contribution in [2.24, 2.45) is 0 Å². The van der Waals surface area contributed by atoms with Gasteiger partial charge in [-0.3, -0.25) is 9.78 Å². The summed E-state index contributed by atoms with van der Waals surface area (Å²) in [5, 5.41) is 3.38. The zero-order valence-electron chi connectivity index (χ0n) is 10.9. The highest BCUT2D eigenvalue weighted by molar-refractivity contribution is 9.09. The lowest BCUT2D eigenvalue weighted by molar-refractivity contribution is 0.0910. The molecule has 1 amide bonds. The number of carbonyl (C=O) groups excluding carboxylic acids is 1. The Morgan fingerprint density at radius 2 is 2.05 bits per heavy atom. The van der Waals surface area contributed by atoms with Gasteiger partial charge in [0.25, 0.3) is 5.91 Å². The van der Waals surface area contributed by atoms with Crippen molar-refractivity contribution >= 4 is 21.8 Å². The van der Waals surface area contributed by atoms with Crippen LogP contribution < -0.4 is 5.32 Å². The number of amides is 1. The second-order valence-corrected chi connectivity index (χ2v) is 5.20. The molecule has 2 rings (SSSR count). The molecule has 1 heterocycles. The summed E-state index contributed by atoms with van der Waals surface area (Å²) >= 11 is 3.41. The van der Waals surface area contributed by atoms with Crippen molar-refractivity contribution in [3.63, 3.8) is 0 Å². The molecule has 1 N–H and O–H groups in total. The SMILES string of the molecule is CC(CBr)(NC(=O)c1ccncc1F)c1ccccc1. The van der Waals surface area contributed by atoms with Crippen LogP contribution in [0.25, 0.3) is 0 Å². The van der Waals surface area contributed by atoms with E-state index in [1.807, 2.05) is 37.3 Å².